The lowest BCUT2D eigenvalue weighted by Crippen LogP contribution is -2.53. The van der Waals surface area contributed by atoms with Crippen LogP contribution in [0.5, 0.6) is 0 Å². The van der Waals surface area contributed by atoms with Crippen molar-refractivity contribution in [3.63, 3.8) is 0 Å². The maximum atomic E-state index is 13.7. The highest BCUT2D eigenvalue weighted by molar-refractivity contribution is 5.79. The van der Waals surface area contributed by atoms with Gasteiger partial charge in [-0.15, -0.1) is 0 Å². The van der Waals surface area contributed by atoms with Crippen LogP contribution in [0.3, 0.4) is 0 Å². The molecule has 2 aliphatic rings. The van der Waals surface area contributed by atoms with E-state index in [1.165, 1.54) is 16.7 Å². The third-order valence-electron chi connectivity index (χ3n) is 8.91. The molecule has 2 aliphatic heterocycles. The first-order valence-electron chi connectivity index (χ1n) is 15.6. The van der Waals surface area contributed by atoms with Crippen LogP contribution in [0.25, 0.3) is 11.4 Å². The normalized spacial score (nSPS) is 18.7. The van der Waals surface area contributed by atoms with Crippen LogP contribution in [-0.4, -0.2) is 70.0 Å². The van der Waals surface area contributed by atoms with Crippen LogP contribution >= 0.6 is 0 Å². The lowest BCUT2D eigenvalue weighted by molar-refractivity contribution is -0.139. The van der Waals surface area contributed by atoms with Crippen molar-refractivity contribution >= 4 is 5.91 Å². The fourth-order valence-electron chi connectivity index (χ4n) is 6.49. The van der Waals surface area contributed by atoms with E-state index < -0.39 is 0 Å². The van der Waals surface area contributed by atoms with Gasteiger partial charge in [0.15, 0.2) is 0 Å². The summed E-state index contributed by atoms with van der Waals surface area (Å²) in [7, 11) is 0. The number of hydrogen-bond acceptors (Lipinski definition) is 6. The van der Waals surface area contributed by atoms with Gasteiger partial charge in [0.1, 0.15) is 0 Å². The Balaban J connectivity index is 1.05. The molecular formula is C36H43N5O2. The summed E-state index contributed by atoms with van der Waals surface area (Å²) in [6, 6.07) is 30.0. The molecule has 0 aliphatic carbocycles. The first kappa shape index (κ1) is 29.3. The van der Waals surface area contributed by atoms with E-state index in [4.69, 9.17) is 4.52 Å². The van der Waals surface area contributed by atoms with Gasteiger partial charge in [-0.1, -0.05) is 111 Å². The molecule has 0 spiro atoms. The van der Waals surface area contributed by atoms with Crippen molar-refractivity contribution in [3.8, 4) is 11.4 Å². The van der Waals surface area contributed by atoms with Gasteiger partial charge in [-0.2, -0.15) is 4.98 Å². The molecule has 2 fully saturated rings. The van der Waals surface area contributed by atoms with Gasteiger partial charge < -0.3 is 9.42 Å². The number of hydrogen-bond donors (Lipinski definition) is 0. The third kappa shape index (κ3) is 6.89. The molecular weight excluding hydrogens is 534 g/mol. The summed E-state index contributed by atoms with van der Waals surface area (Å²) in [6.45, 7) is 12.1. The topological polar surface area (TPSA) is 65.7 Å². The molecule has 3 heterocycles. The van der Waals surface area contributed by atoms with Gasteiger partial charge in [0, 0.05) is 38.3 Å². The quantitative estimate of drug-likeness (QED) is 0.261. The first-order valence-corrected chi connectivity index (χ1v) is 15.6. The molecule has 6 rings (SSSR count). The lowest BCUT2D eigenvalue weighted by Gasteiger charge is -2.41. The summed E-state index contributed by atoms with van der Waals surface area (Å²) in [5, 5.41) is 4.24. The van der Waals surface area contributed by atoms with E-state index in [-0.39, 0.29) is 23.3 Å². The third-order valence-corrected chi connectivity index (χ3v) is 8.91. The Morgan fingerprint density at radius 3 is 2.09 bits per heavy atom. The average molecular weight is 578 g/mol. The molecule has 0 N–H and O–H groups in total. The van der Waals surface area contributed by atoms with Gasteiger partial charge in [-0.05, 0) is 41.5 Å². The minimum absolute atomic E-state index is 0.00618. The number of benzene rings is 3. The summed E-state index contributed by atoms with van der Waals surface area (Å²) < 4.78 is 5.63. The molecule has 4 aromatic rings. The Kier molecular flexibility index (Phi) is 8.73. The van der Waals surface area contributed by atoms with Gasteiger partial charge in [0.25, 0.3) is 0 Å². The second kappa shape index (κ2) is 12.8. The van der Waals surface area contributed by atoms with Crippen molar-refractivity contribution < 1.29 is 9.32 Å². The molecule has 3 aromatic carbocycles. The second-order valence-corrected chi connectivity index (χ2v) is 13.0. The van der Waals surface area contributed by atoms with Gasteiger partial charge >= 0.3 is 0 Å². The van der Waals surface area contributed by atoms with Crippen LogP contribution in [0.2, 0.25) is 0 Å². The monoisotopic (exact) mass is 577 g/mol. The summed E-state index contributed by atoms with van der Waals surface area (Å²) in [6.07, 6.45) is 1.93. The van der Waals surface area contributed by atoms with Crippen molar-refractivity contribution in [1.29, 1.82) is 0 Å². The highest BCUT2D eigenvalue weighted by Gasteiger charge is 2.33. The number of carbonyl (C=O) groups excluding carboxylic acids is 1. The highest BCUT2D eigenvalue weighted by atomic mass is 16.5. The molecule has 2 saturated heterocycles. The Morgan fingerprint density at radius 1 is 0.860 bits per heavy atom. The van der Waals surface area contributed by atoms with E-state index in [0.29, 0.717) is 18.3 Å². The van der Waals surface area contributed by atoms with E-state index in [9.17, 15) is 4.79 Å². The van der Waals surface area contributed by atoms with E-state index in [2.05, 4.69) is 131 Å². The summed E-state index contributed by atoms with van der Waals surface area (Å²) in [4.78, 5) is 25.3. The number of aromatic nitrogens is 2. The van der Waals surface area contributed by atoms with E-state index in [1.807, 2.05) is 0 Å². The minimum atomic E-state index is 0.00618. The van der Waals surface area contributed by atoms with Gasteiger partial charge in [0.2, 0.25) is 17.6 Å². The van der Waals surface area contributed by atoms with Crippen LogP contribution < -0.4 is 0 Å². The van der Waals surface area contributed by atoms with E-state index in [0.717, 1.165) is 57.7 Å². The molecule has 7 heteroatoms. The van der Waals surface area contributed by atoms with Crippen LogP contribution in [0, 0.1) is 5.92 Å². The smallest absolute Gasteiger partial charge is 0.241 e. The Labute approximate surface area is 255 Å². The molecule has 0 saturated carbocycles. The number of likely N-dealkylation sites (tertiary alicyclic amines) is 1. The Morgan fingerprint density at radius 2 is 1.49 bits per heavy atom. The molecule has 0 bridgehead atoms. The predicted octanol–water partition coefficient (Wildman–Crippen LogP) is 6.18. The van der Waals surface area contributed by atoms with Gasteiger partial charge in [-0.25, -0.2) is 0 Å². The summed E-state index contributed by atoms with van der Waals surface area (Å²) in [5.74, 6) is 1.50. The summed E-state index contributed by atoms with van der Waals surface area (Å²) in [5.41, 5.74) is 4.92. The van der Waals surface area contributed by atoms with Gasteiger partial charge in [-0.3, -0.25) is 14.6 Å². The molecule has 0 radical (unpaired) electrons. The van der Waals surface area contributed by atoms with Crippen molar-refractivity contribution in [3.05, 3.63) is 108 Å². The standard InChI is InChI=1S/C36H43N5O2/c1-36(2,3)31-18-16-29(17-19-31)34-37-32(43-38-34)26-39-20-10-15-30(25-39)35(42)41-23-21-40(22-24-41)33(27-11-6-4-7-12-27)28-13-8-5-9-14-28/h4-9,11-14,16-19,30,33H,10,15,20-26H2,1-3H3. The fraction of sp³-hybridized carbons (Fsp3) is 0.417. The second-order valence-electron chi connectivity index (χ2n) is 13.0. The van der Waals surface area contributed by atoms with Crippen molar-refractivity contribution in [1.82, 2.24) is 24.8 Å². The summed E-state index contributed by atoms with van der Waals surface area (Å²) >= 11 is 0. The molecule has 1 atom stereocenters. The molecule has 1 amide bonds. The average Bonchev–Trinajstić information content (AvgIpc) is 3.50. The Hall–Kier alpha value is -3.81. The maximum Gasteiger partial charge on any atom is 0.241 e. The van der Waals surface area contributed by atoms with E-state index in [1.54, 1.807) is 0 Å². The van der Waals surface area contributed by atoms with Crippen molar-refractivity contribution in [2.24, 2.45) is 5.92 Å². The van der Waals surface area contributed by atoms with Crippen LogP contribution in [0.4, 0.5) is 0 Å². The molecule has 1 unspecified atom stereocenters. The van der Waals surface area contributed by atoms with E-state index >= 15 is 0 Å². The Bertz CT molecular complexity index is 1430. The van der Waals surface area contributed by atoms with Gasteiger partial charge in [0.05, 0.1) is 18.5 Å². The lowest BCUT2D eigenvalue weighted by atomic mass is 9.87. The minimum Gasteiger partial charge on any atom is -0.340 e. The van der Waals surface area contributed by atoms with Crippen molar-refractivity contribution in [2.45, 2.75) is 51.6 Å². The fourth-order valence-corrected chi connectivity index (χ4v) is 6.49. The number of rotatable bonds is 7. The molecule has 224 valence electrons. The molecule has 1 aromatic heterocycles. The SMILES string of the molecule is CC(C)(C)c1ccc(-c2noc(CN3CCCC(C(=O)N4CCN(C(c5ccccc5)c5ccccc5)CC4)C3)n2)cc1. The highest BCUT2D eigenvalue weighted by Crippen LogP contribution is 2.30. The number of piperidine rings is 1. The largest absolute Gasteiger partial charge is 0.340 e. The van der Waals surface area contributed by atoms with Crippen LogP contribution in [0.15, 0.2) is 89.5 Å². The van der Waals surface area contributed by atoms with Crippen LogP contribution in [0.1, 0.15) is 62.2 Å². The maximum absolute atomic E-state index is 13.7. The number of amides is 1. The van der Waals surface area contributed by atoms with Crippen LogP contribution in [-0.2, 0) is 16.8 Å². The first-order chi connectivity index (χ1) is 20.8. The molecule has 43 heavy (non-hydrogen) atoms. The number of piperazine rings is 1. The zero-order valence-electron chi connectivity index (χ0n) is 25.7. The predicted molar refractivity (Wildman–Crippen MR) is 169 cm³/mol. The zero-order valence-corrected chi connectivity index (χ0v) is 25.7. The van der Waals surface area contributed by atoms with Crippen molar-refractivity contribution in [2.75, 3.05) is 39.3 Å². The number of nitrogens with zero attached hydrogens (tertiary/aromatic N) is 5. The molecule has 7 nitrogen and oxygen atoms in total. The zero-order chi connectivity index (χ0) is 29.8. The number of carbonyl (C=O) groups is 1.